The molecule has 1 atom stereocenters. The number of amides is 1. The van der Waals surface area contributed by atoms with Gasteiger partial charge in [0.25, 0.3) is 0 Å². The second-order valence-corrected chi connectivity index (χ2v) is 8.70. The predicted octanol–water partition coefficient (Wildman–Crippen LogP) is 2.36. The lowest BCUT2D eigenvalue weighted by Gasteiger charge is -2.23. The van der Waals surface area contributed by atoms with Crippen molar-refractivity contribution in [3.63, 3.8) is 0 Å². The molecule has 2 saturated heterocycles. The molecule has 1 amide bonds. The summed E-state index contributed by atoms with van der Waals surface area (Å²) < 4.78 is 5.35. The van der Waals surface area contributed by atoms with Gasteiger partial charge < -0.3 is 25.2 Å². The molecule has 2 aliphatic heterocycles. The molecule has 0 bridgehead atoms. The number of hydrogen-bond acceptors (Lipinski definition) is 5. The van der Waals surface area contributed by atoms with Gasteiger partial charge in [-0.05, 0) is 51.7 Å². The van der Waals surface area contributed by atoms with Gasteiger partial charge in [-0.2, -0.15) is 0 Å². The summed E-state index contributed by atoms with van der Waals surface area (Å²) in [6, 6.07) is 4.28. The normalized spacial score (nSPS) is 20.1. The van der Waals surface area contributed by atoms with Crippen molar-refractivity contribution in [3.05, 3.63) is 23.9 Å². The summed E-state index contributed by atoms with van der Waals surface area (Å²) in [4.78, 5) is 25.5. The summed E-state index contributed by atoms with van der Waals surface area (Å²) in [5.74, 6) is 1.90. The third-order valence-corrected chi connectivity index (χ3v) is 5.11. The molecule has 1 aromatic heterocycles. The van der Waals surface area contributed by atoms with Gasteiger partial charge in [-0.3, -0.25) is 4.99 Å². The number of carbonyl (C=O) groups excluding carboxylic acids is 1. The van der Waals surface area contributed by atoms with E-state index in [4.69, 9.17) is 4.74 Å². The first-order chi connectivity index (χ1) is 13.8. The smallest absolute Gasteiger partial charge is 0.407 e. The number of likely N-dealkylation sites (tertiary alicyclic amines) is 1. The fourth-order valence-corrected chi connectivity index (χ4v) is 3.71. The van der Waals surface area contributed by atoms with Crippen LogP contribution in [0.4, 0.5) is 10.6 Å². The van der Waals surface area contributed by atoms with Crippen LogP contribution >= 0.6 is 0 Å². The summed E-state index contributed by atoms with van der Waals surface area (Å²) in [7, 11) is 1.78. The van der Waals surface area contributed by atoms with E-state index < -0.39 is 5.60 Å². The molecule has 160 valence electrons. The van der Waals surface area contributed by atoms with Crippen molar-refractivity contribution < 1.29 is 9.53 Å². The second kappa shape index (κ2) is 9.33. The van der Waals surface area contributed by atoms with Gasteiger partial charge >= 0.3 is 6.09 Å². The average molecular weight is 403 g/mol. The Morgan fingerprint density at radius 3 is 2.66 bits per heavy atom. The van der Waals surface area contributed by atoms with Crippen molar-refractivity contribution in [2.75, 3.05) is 38.1 Å². The number of hydrogen-bond donors (Lipinski definition) is 2. The fraction of sp³-hybridized carbons (Fsp3) is 0.667. The van der Waals surface area contributed by atoms with Crippen molar-refractivity contribution in [1.29, 1.82) is 0 Å². The Bertz CT molecular complexity index is 707. The molecular formula is C21H34N6O2. The van der Waals surface area contributed by atoms with E-state index >= 15 is 0 Å². The third-order valence-electron chi connectivity index (χ3n) is 5.11. The van der Waals surface area contributed by atoms with E-state index in [0.29, 0.717) is 13.1 Å². The highest BCUT2D eigenvalue weighted by Crippen LogP contribution is 2.17. The number of nitrogens with zero attached hydrogens (tertiary/aromatic N) is 4. The molecule has 3 heterocycles. The molecule has 0 radical (unpaired) electrons. The van der Waals surface area contributed by atoms with Crippen LogP contribution < -0.4 is 15.5 Å². The molecule has 8 nitrogen and oxygen atoms in total. The number of rotatable bonds is 4. The van der Waals surface area contributed by atoms with E-state index in [0.717, 1.165) is 43.4 Å². The molecule has 2 aliphatic rings. The summed E-state index contributed by atoms with van der Waals surface area (Å²) in [5.41, 5.74) is 0.634. The number of aromatic nitrogens is 1. The first kappa shape index (κ1) is 21.2. The first-order valence-corrected chi connectivity index (χ1v) is 10.5. The fourth-order valence-electron chi connectivity index (χ4n) is 3.71. The highest BCUT2D eigenvalue weighted by Gasteiger charge is 2.27. The van der Waals surface area contributed by atoms with Crippen molar-refractivity contribution in [2.24, 2.45) is 4.99 Å². The quantitative estimate of drug-likeness (QED) is 0.594. The van der Waals surface area contributed by atoms with Crippen molar-refractivity contribution in [3.8, 4) is 0 Å². The number of aliphatic imine (C=N–C) groups is 1. The molecule has 8 heteroatoms. The van der Waals surface area contributed by atoms with Gasteiger partial charge in [0.05, 0.1) is 6.04 Å². The highest BCUT2D eigenvalue weighted by atomic mass is 16.6. The van der Waals surface area contributed by atoms with Gasteiger partial charge in [0, 0.05) is 46.0 Å². The molecule has 3 rings (SSSR count). The van der Waals surface area contributed by atoms with Gasteiger partial charge in [0.2, 0.25) is 0 Å². The van der Waals surface area contributed by atoms with Crippen molar-refractivity contribution in [1.82, 2.24) is 20.5 Å². The average Bonchev–Trinajstić information content (AvgIpc) is 3.33. The minimum absolute atomic E-state index is 0.0600. The van der Waals surface area contributed by atoms with E-state index in [2.05, 4.69) is 42.5 Å². The Hall–Kier alpha value is -2.51. The lowest BCUT2D eigenvalue weighted by Crippen LogP contribution is -2.44. The molecule has 0 aliphatic carbocycles. The van der Waals surface area contributed by atoms with Crippen LogP contribution in [-0.4, -0.2) is 66.8 Å². The molecular weight excluding hydrogens is 368 g/mol. The van der Waals surface area contributed by atoms with Gasteiger partial charge in [-0.25, -0.2) is 9.78 Å². The van der Waals surface area contributed by atoms with E-state index in [1.165, 1.54) is 12.8 Å². The van der Waals surface area contributed by atoms with Gasteiger partial charge in [-0.15, -0.1) is 0 Å². The van der Waals surface area contributed by atoms with E-state index in [1.54, 1.807) is 7.05 Å². The maximum atomic E-state index is 12.0. The van der Waals surface area contributed by atoms with Crippen LogP contribution in [0.3, 0.4) is 0 Å². The molecule has 29 heavy (non-hydrogen) atoms. The number of guanidine groups is 1. The van der Waals surface area contributed by atoms with Gasteiger partial charge in [-0.1, -0.05) is 6.07 Å². The standard InChI is InChI=1S/C21H34N6O2/c1-21(2,3)29-20(28)25-17-9-12-27(15-17)19(22-4)24-14-16-7-8-18(23-13-16)26-10-5-6-11-26/h7-8,13,17H,5-6,9-12,14-15H2,1-4H3,(H,22,24)(H,25,28). The lowest BCUT2D eigenvalue weighted by molar-refractivity contribution is 0.0507. The molecule has 2 N–H and O–H groups in total. The van der Waals surface area contributed by atoms with E-state index in [9.17, 15) is 4.79 Å². The van der Waals surface area contributed by atoms with Gasteiger partial charge in [0.1, 0.15) is 11.4 Å². The Labute approximate surface area is 173 Å². The summed E-state index contributed by atoms with van der Waals surface area (Å²) in [6.45, 7) is 10.0. The number of carbonyl (C=O) groups is 1. The zero-order chi connectivity index (χ0) is 20.9. The van der Waals surface area contributed by atoms with Crippen LogP contribution in [0, 0.1) is 0 Å². The van der Waals surface area contributed by atoms with Crippen LogP contribution in [0.15, 0.2) is 23.3 Å². The molecule has 2 fully saturated rings. The number of nitrogens with one attached hydrogen (secondary N) is 2. The summed E-state index contributed by atoms with van der Waals surface area (Å²) in [6.07, 6.45) is 4.94. The SMILES string of the molecule is CN=C(NCc1ccc(N2CCCC2)nc1)N1CCC(NC(=O)OC(C)(C)C)C1. The Morgan fingerprint density at radius 2 is 2.03 bits per heavy atom. The highest BCUT2D eigenvalue weighted by molar-refractivity contribution is 5.80. The van der Waals surface area contributed by atoms with Gasteiger partial charge in [0.15, 0.2) is 5.96 Å². The Morgan fingerprint density at radius 1 is 1.28 bits per heavy atom. The number of ether oxygens (including phenoxy) is 1. The summed E-state index contributed by atoms with van der Waals surface area (Å²) in [5, 5.41) is 6.36. The zero-order valence-corrected chi connectivity index (χ0v) is 18.1. The molecule has 0 spiro atoms. The molecule has 0 saturated carbocycles. The third kappa shape index (κ3) is 6.24. The molecule has 1 aromatic rings. The van der Waals surface area contributed by atoms with Crippen LogP contribution in [-0.2, 0) is 11.3 Å². The minimum Gasteiger partial charge on any atom is -0.444 e. The van der Waals surface area contributed by atoms with Crippen molar-refractivity contribution >= 4 is 17.9 Å². The number of alkyl carbamates (subject to hydrolysis) is 1. The number of anilines is 1. The lowest BCUT2D eigenvalue weighted by atomic mass is 10.2. The minimum atomic E-state index is -0.488. The molecule has 1 unspecified atom stereocenters. The number of pyridine rings is 1. The largest absolute Gasteiger partial charge is 0.444 e. The van der Waals surface area contributed by atoms with E-state index in [1.807, 2.05) is 27.0 Å². The second-order valence-electron chi connectivity index (χ2n) is 8.70. The maximum absolute atomic E-state index is 12.0. The summed E-state index contributed by atoms with van der Waals surface area (Å²) >= 11 is 0. The monoisotopic (exact) mass is 402 g/mol. The Kier molecular flexibility index (Phi) is 6.82. The van der Waals surface area contributed by atoms with Crippen LogP contribution in [0.5, 0.6) is 0 Å². The van der Waals surface area contributed by atoms with Crippen molar-refractivity contribution in [2.45, 2.75) is 58.2 Å². The van der Waals surface area contributed by atoms with Crippen LogP contribution in [0.25, 0.3) is 0 Å². The Balaban J connectivity index is 1.46. The molecule has 0 aromatic carbocycles. The topological polar surface area (TPSA) is 82.1 Å². The van der Waals surface area contributed by atoms with Crippen LogP contribution in [0.2, 0.25) is 0 Å². The zero-order valence-electron chi connectivity index (χ0n) is 18.1. The van der Waals surface area contributed by atoms with E-state index in [-0.39, 0.29) is 12.1 Å². The first-order valence-electron chi connectivity index (χ1n) is 10.5. The van der Waals surface area contributed by atoms with Crippen LogP contribution in [0.1, 0.15) is 45.6 Å². The maximum Gasteiger partial charge on any atom is 0.407 e. The predicted molar refractivity (Wildman–Crippen MR) is 115 cm³/mol.